The smallest absolute Gasteiger partial charge is 0.253 e. The Morgan fingerprint density at radius 3 is 2.44 bits per heavy atom. The van der Waals surface area contributed by atoms with Gasteiger partial charge in [-0.1, -0.05) is 35.9 Å². The molecule has 0 radical (unpaired) electrons. The number of benzene rings is 2. The Kier molecular flexibility index (Phi) is 6.47. The number of carbonyl (C=O) groups excluding carboxylic acids is 2. The Hall–Kier alpha value is -2.82. The molecule has 5 heteroatoms. The van der Waals surface area contributed by atoms with Crippen molar-refractivity contribution in [2.24, 2.45) is 0 Å². The molecule has 2 aromatic rings. The van der Waals surface area contributed by atoms with Crippen LogP contribution in [0, 0.1) is 6.92 Å². The van der Waals surface area contributed by atoms with Crippen LogP contribution < -0.4 is 4.74 Å². The van der Waals surface area contributed by atoms with E-state index in [-0.39, 0.29) is 11.8 Å². The van der Waals surface area contributed by atoms with Crippen LogP contribution in [0.4, 0.5) is 0 Å². The van der Waals surface area contributed by atoms with Gasteiger partial charge in [-0.3, -0.25) is 9.59 Å². The summed E-state index contributed by atoms with van der Waals surface area (Å²) in [7, 11) is 0. The number of nitrogens with zero attached hydrogens (tertiary/aromatic N) is 2. The van der Waals surface area contributed by atoms with Crippen LogP contribution in [-0.4, -0.2) is 54.4 Å². The fourth-order valence-electron chi connectivity index (χ4n) is 3.26. The van der Waals surface area contributed by atoms with Crippen molar-refractivity contribution in [2.75, 3.05) is 32.8 Å². The number of amides is 2. The molecule has 0 saturated carbocycles. The second-order valence-corrected chi connectivity index (χ2v) is 6.81. The van der Waals surface area contributed by atoms with Gasteiger partial charge < -0.3 is 14.5 Å². The van der Waals surface area contributed by atoms with Crippen LogP contribution in [0.2, 0.25) is 0 Å². The summed E-state index contributed by atoms with van der Waals surface area (Å²) in [6.07, 6.45) is 1.14. The lowest BCUT2D eigenvalue weighted by Crippen LogP contribution is -2.37. The van der Waals surface area contributed by atoms with E-state index in [4.69, 9.17) is 4.74 Å². The summed E-state index contributed by atoms with van der Waals surface area (Å²) in [5.74, 6) is 0.896. The lowest BCUT2D eigenvalue weighted by Gasteiger charge is -2.22. The number of hydrogen-bond donors (Lipinski definition) is 0. The normalized spacial score (nSPS) is 14.6. The van der Waals surface area contributed by atoms with Crippen molar-refractivity contribution >= 4 is 11.8 Å². The lowest BCUT2D eigenvalue weighted by molar-refractivity contribution is -0.131. The van der Waals surface area contributed by atoms with Crippen molar-refractivity contribution in [3.63, 3.8) is 0 Å². The standard InChI is InChI=1S/C22H26N2O3/c1-18-7-5-8-19(17-18)22(26)24-13-6-12-23(14-15-24)21(25)11-16-27-20-9-3-2-4-10-20/h2-5,7-10,17H,6,11-16H2,1H3. The van der Waals surface area contributed by atoms with E-state index in [1.54, 1.807) is 0 Å². The highest BCUT2D eigenvalue weighted by atomic mass is 16.5. The van der Waals surface area contributed by atoms with Crippen LogP contribution in [0.3, 0.4) is 0 Å². The monoisotopic (exact) mass is 366 g/mol. The molecule has 0 N–H and O–H groups in total. The third kappa shape index (κ3) is 5.33. The molecule has 0 unspecified atom stereocenters. The molecule has 27 heavy (non-hydrogen) atoms. The van der Waals surface area contributed by atoms with Crippen molar-refractivity contribution in [3.05, 3.63) is 65.7 Å². The summed E-state index contributed by atoms with van der Waals surface area (Å²) in [5.41, 5.74) is 1.79. The number of aryl methyl sites for hydroxylation is 1. The summed E-state index contributed by atoms with van der Waals surface area (Å²) in [6.45, 7) is 4.85. The fourth-order valence-corrected chi connectivity index (χ4v) is 3.26. The van der Waals surface area contributed by atoms with Crippen molar-refractivity contribution in [1.29, 1.82) is 0 Å². The average molecular weight is 366 g/mol. The molecular formula is C22H26N2O3. The first-order valence-electron chi connectivity index (χ1n) is 9.45. The number of carbonyl (C=O) groups is 2. The first kappa shape index (κ1) is 19.0. The van der Waals surface area contributed by atoms with Gasteiger partial charge in [0.15, 0.2) is 0 Å². The SMILES string of the molecule is Cc1cccc(C(=O)N2CCCN(C(=O)CCOc3ccccc3)CC2)c1. The number of para-hydroxylation sites is 1. The Labute approximate surface area is 160 Å². The maximum Gasteiger partial charge on any atom is 0.253 e. The van der Waals surface area contributed by atoms with Crippen LogP contribution in [0.5, 0.6) is 5.75 Å². The Balaban J connectivity index is 1.48. The Bertz CT molecular complexity index is 776. The lowest BCUT2D eigenvalue weighted by atomic mass is 10.1. The first-order chi connectivity index (χ1) is 13.1. The third-order valence-electron chi connectivity index (χ3n) is 4.73. The average Bonchev–Trinajstić information content (AvgIpc) is 2.94. The van der Waals surface area contributed by atoms with Crippen molar-refractivity contribution in [3.8, 4) is 5.75 Å². The molecule has 1 heterocycles. The minimum atomic E-state index is 0.0420. The fraction of sp³-hybridized carbons (Fsp3) is 0.364. The van der Waals surface area contributed by atoms with Gasteiger partial charge in [-0.2, -0.15) is 0 Å². The third-order valence-corrected chi connectivity index (χ3v) is 4.73. The number of ether oxygens (including phenoxy) is 1. The maximum atomic E-state index is 12.7. The summed E-state index contributed by atoms with van der Waals surface area (Å²) >= 11 is 0. The zero-order valence-electron chi connectivity index (χ0n) is 15.8. The van der Waals surface area contributed by atoms with E-state index < -0.39 is 0 Å². The van der Waals surface area contributed by atoms with E-state index in [2.05, 4.69) is 0 Å². The quantitative estimate of drug-likeness (QED) is 0.817. The molecule has 1 saturated heterocycles. The van der Waals surface area contributed by atoms with Crippen LogP contribution in [0.15, 0.2) is 54.6 Å². The van der Waals surface area contributed by atoms with E-state index >= 15 is 0 Å². The highest BCUT2D eigenvalue weighted by molar-refractivity contribution is 5.94. The van der Waals surface area contributed by atoms with Crippen LogP contribution in [-0.2, 0) is 4.79 Å². The zero-order valence-corrected chi connectivity index (χ0v) is 15.8. The Morgan fingerprint density at radius 1 is 0.926 bits per heavy atom. The van der Waals surface area contributed by atoms with Crippen LogP contribution >= 0.6 is 0 Å². The van der Waals surface area contributed by atoms with E-state index in [1.165, 1.54) is 0 Å². The van der Waals surface area contributed by atoms with E-state index in [1.807, 2.05) is 71.3 Å². The van der Waals surface area contributed by atoms with E-state index in [0.717, 1.165) is 17.7 Å². The second-order valence-electron chi connectivity index (χ2n) is 6.81. The Morgan fingerprint density at radius 2 is 1.67 bits per heavy atom. The summed E-state index contributed by atoms with van der Waals surface area (Å²) < 4.78 is 5.62. The van der Waals surface area contributed by atoms with Gasteiger partial charge in [-0.25, -0.2) is 0 Å². The van der Waals surface area contributed by atoms with Gasteiger partial charge in [-0.15, -0.1) is 0 Å². The number of hydrogen-bond acceptors (Lipinski definition) is 3. The van der Waals surface area contributed by atoms with Crippen molar-refractivity contribution in [1.82, 2.24) is 9.80 Å². The molecule has 5 nitrogen and oxygen atoms in total. The summed E-state index contributed by atoms with van der Waals surface area (Å²) in [5, 5.41) is 0. The molecule has 2 aromatic carbocycles. The molecule has 142 valence electrons. The molecule has 3 rings (SSSR count). The number of rotatable bonds is 5. The molecule has 1 aliphatic heterocycles. The van der Waals surface area contributed by atoms with Gasteiger partial charge in [0.2, 0.25) is 5.91 Å². The minimum absolute atomic E-state index is 0.0420. The first-order valence-corrected chi connectivity index (χ1v) is 9.45. The van der Waals surface area contributed by atoms with Gasteiger partial charge in [0.05, 0.1) is 13.0 Å². The second kappa shape index (κ2) is 9.21. The van der Waals surface area contributed by atoms with Gasteiger partial charge in [-0.05, 0) is 37.6 Å². The van der Waals surface area contributed by atoms with Gasteiger partial charge in [0.1, 0.15) is 5.75 Å². The zero-order chi connectivity index (χ0) is 19.1. The van der Waals surface area contributed by atoms with Gasteiger partial charge >= 0.3 is 0 Å². The molecule has 0 aromatic heterocycles. The van der Waals surface area contributed by atoms with Crippen molar-refractivity contribution < 1.29 is 14.3 Å². The molecule has 2 amide bonds. The molecular weight excluding hydrogens is 340 g/mol. The molecule has 0 spiro atoms. The minimum Gasteiger partial charge on any atom is -0.493 e. The van der Waals surface area contributed by atoms with Gasteiger partial charge in [0, 0.05) is 31.7 Å². The topological polar surface area (TPSA) is 49.9 Å². The van der Waals surface area contributed by atoms with Gasteiger partial charge in [0.25, 0.3) is 5.91 Å². The predicted octanol–water partition coefficient (Wildman–Crippen LogP) is 3.14. The highest BCUT2D eigenvalue weighted by Gasteiger charge is 2.22. The molecule has 0 atom stereocenters. The predicted molar refractivity (Wildman–Crippen MR) is 105 cm³/mol. The van der Waals surface area contributed by atoms with Crippen LogP contribution in [0.1, 0.15) is 28.8 Å². The van der Waals surface area contributed by atoms with E-state index in [0.29, 0.717) is 44.8 Å². The molecule has 0 bridgehead atoms. The molecule has 1 aliphatic rings. The van der Waals surface area contributed by atoms with E-state index in [9.17, 15) is 9.59 Å². The molecule has 1 fully saturated rings. The van der Waals surface area contributed by atoms with Crippen LogP contribution in [0.25, 0.3) is 0 Å². The van der Waals surface area contributed by atoms with Crippen molar-refractivity contribution in [2.45, 2.75) is 19.8 Å². The molecule has 0 aliphatic carbocycles. The summed E-state index contributed by atoms with van der Waals surface area (Å²) in [6, 6.07) is 17.2. The summed E-state index contributed by atoms with van der Waals surface area (Å²) in [4.78, 5) is 28.9. The largest absolute Gasteiger partial charge is 0.493 e. The highest BCUT2D eigenvalue weighted by Crippen LogP contribution is 2.12. The maximum absolute atomic E-state index is 12.7.